The predicted molar refractivity (Wildman–Crippen MR) is 101 cm³/mol. The number of aliphatic hydroxyl groups excluding tert-OH is 1. The highest BCUT2D eigenvalue weighted by Crippen LogP contribution is 2.54. The Morgan fingerprint density at radius 2 is 1.94 bits per heavy atom. The van der Waals surface area contributed by atoms with Crippen molar-refractivity contribution in [3.63, 3.8) is 0 Å². The number of aliphatic hydroxyl groups is 1. The van der Waals surface area contributed by atoms with Crippen molar-refractivity contribution in [1.29, 1.82) is 0 Å². The molecule has 1 aromatic carbocycles. The number of benzene rings is 1. The Bertz CT molecular complexity index is 980. The molecule has 1 saturated heterocycles. The van der Waals surface area contributed by atoms with E-state index < -0.39 is 47.3 Å². The molecule has 0 spiro atoms. The van der Waals surface area contributed by atoms with Crippen LogP contribution in [0.15, 0.2) is 30.5 Å². The molecule has 5 nitrogen and oxygen atoms in total. The Balaban J connectivity index is 2.02. The Morgan fingerprint density at radius 3 is 2.48 bits per heavy atom. The molecule has 1 aliphatic heterocycles. The van der Waals surface area contributed by atoms with Gasteiger partial charge in [0.2, 0.25) is 0 Å². The van der Waals surface area contributed by atoms with Crippen LogP contribution in [-0.2, 0) is 16.1 Å². The monoisotopic (exact) mass is 444 g/mol. The van der Waals surface area contributed by atoms with E-state index in [2.05, 4.69) is 10.3 Å². The van der Waals surface area contributed by atoms with Gasteiger partial charge in [0.1, 0.15) is 6.10 Å². The van der Waals surface area contributed by atoms with Gasteiger partial charge in [-0.25, -0.2) is 8.78 Å². The van der Waals surface area contributed by atoms with Crippen LogP contribution in [0.25, 0.3) is 0 Å². The summed E-state index contributed by atoms with van der Waals surface area (Å²) in [6, 6.07) is 4.86. The average Bonchev–Trinajstić information content (AvgIpc) is 2.99. The van der Waals surface area contributed by atoms with Gasteiger partial charge in [-0.2, -0.15) is 13.2 Å². The second-order valence-electron chi connectivity index (χ2n) is 7.72. The first-order valence-corrected chi connectivity index (χ1v) is 9.46. The van der Waals surface area contributed by atoms with Crippen molar-refractivity contribution in [3.05, 3.63) is 58.9 Å². The Hall–Kier alpha value is -2.59. The minimum Gasteiger partial charge on any atom is -0.390 e. The first-order valence-electron chi connectivity index (χ1n) is 9.46. The second kappa shape index (κ2) is 8.16. The summed E-state index contributed by atoms with van der Waals surface area (Å²) in [7, 11) is 0. The summed E-state index contributed by atoms with van der Waals surface area (Å²) in [6.45, 7) is 3.03. The number of halogens is 5. The van der Waals surface area contributed by atoms with Crippen molar-refractivity contribution in [2.45, 2.75) is 51.2 Å². The van der Waals surface area contributed by atoms with Crippen molar-refractivity contribution in [1.82, 2.24) is 4.98 Å². The van der Waals surface area contributed by atoms with Gasteiger partial charge in [0, 0.05) is 11.8 Å². The molecule has 1 unspecified atom stereocenters. The molecule has 31 heavy (non-hydrogen) atoms. The fraction of sp³-hybridized carbons (Fsp3) is 0.429. The summed E-state index contributed by atoms with van der Waals surface area (Å²) in [6.07, 6.45) is -5.19. The van der Waals surface area contributed by atoms with E-state index in [1.54, 1.807) is 0 Å². The van der Waals surface area contributed by atoms with Gasteiger partial charge < -0.3 is 15.2 Å². The average molecular weight is 444 g/mol. The molecule has 1 aromatic heterocycles. The van der Waals surface area contributed by atoms with Crippen molar-refractivity contribution in [2.75, 3.05) is 5.32 Å². The largest absolute Gasteiger partial charge is 0.417 e. The normalized spacial score (nSPS) is 26.2. The Labute approximate surface area is 175 Å². The SMILES string of the molecule is Cc1c([C@H]2C(C(=O)Nc3ccc(CO)nc3)O[C@@](C)(C(F)(F)F)[C@H]2C)ccc(F)c1F. The number of rotatable bonds is 4. The van der Waals surface area contributed by atoms with Crippen LogP contribution >= 0.6 is 0 Å². The summed E-state index contributed by atoms with van der Waals surface area (Å²) in [5, 5.41) is 11.5. The van der Waals surface area contributed by atoms with Crippen molar-refractivity contribution >= 4 is 11.6 Å². The van der Waals surface area contributed by atoms with Crippen LogP contribution in [0.4, 0.5) is 27.6 Å². The summed E-state index contributed by atoms with van der Waals surface area (Å²) in [5.74, 6) is -5.67. The molecular weight excluding hydrogens is 423 g/mol. The van der Waals surface area contributed by atoms with E-state index in [4.69, 9.17) is 9.84 Å². The Kier molecular flexibility index (Phi) is 6.07. The van der Waals surface area contributed by atoms with Gasteiger partial charge >= 0.3 is 6.18 Å². The lowest BCUT2D eigenvalue weighted by molar-refractivity contribution is -0.272. The molecule has 4 atom stereocenters. The van der Waals surface area contributed by atoms with Crippen LogP contribution in [0.2, 0.25) is 0 Å². The number of nitrogens with zero attached hydrogens (tertiary/aromatic N) is 1. The second-order valence-corrected chi connectivity index (χ2v) is 7.72. The van der Waals surface area contributed by atoms with E-state index >= 15 is 0 Å². The maximum absolute atomic E-state index is 14.2. The zero-order valence-corrected chi connectivity index (χ0v) is 16.9. The zero-order chi connectivity index (χ0) is 23.1. The maximum atomic E-state index is 14.2. The molecule has 2 aromatic rings. The standard InChI is InChI=1S/C21H21F5N2O3/c1-10-14(6-7-15(22)17(10)23)16-11(2)20(3,21(24,25)26)31-18(16)19(30)28-12-4-5-13(9-29)27-8-12/h4-8,11,16,18,29H,9H2,1-3H3,(H,28,30)/t11-,16-,18?,20+/m0/s1. The van der Waals surface area contributed by atoms with Gasteiger partial charge in [0.05, 0.1) is 24.2 Å². The minimum atomic E-state index is -4.81. The fourth-order valence-electron chi connectivity index (χ4n) is 3.86. The smallest absolute Gasteiger partial charge is 0.390 e. The molecule has 2 N–H and O–H groups in total. The number of nitrogens with one attached hydrogen (secondary N) is 1. The van der Waals surface area contributed by atoms with Crippen LogP contribution in [0.5, 0.6) is 0 Å². The van der Waals surface area contributed by atoms with Crippen LogP contribution in [-0.4, -0.2) is 33.9 Å². The van der Waals surface area contributed by atoms with E-state index in [1.165, 1.54) is 38.2 Å². The van der Waals surface area contributed by atoms with Gasteiger partial charge in [-0.3, -0.25) is 9.78 Å². The van der Waals surface area contributed by atoms with E-state index in [1.807, 2.05) is 0 Å². The first kappa shape index (κ1) is 23.1. The molecular formula is C21H21F5N2O3. The molecule has 168 valence electrons. The highest BCUT2D eigenvalue weighted by Gasteiger charge is 2.65. The van der Waals surface area contributed by atoms with Crippen molar-refractivity contribution in [3.8, 4) is 0 Å². The van der Waals surface area contributed by atoms with E-state index in [9.17, 15) is 26.7 Å². The number of amides is 1. The quantitative estimate of drug-likeness (QED) is 0.693. The molecule has 1 amide bonds. The lowest BCUT2D eigenvalue weighted by Crippen LogP contribution is -2.47. The highest BCUT2D eigenvalue weighted by molar-refractivity contribution is 5.95. The molecule has 0 saturated carbocycles. The number of carbonyl (C=O) groups is 1. The number of pyridine rings is 1. The van der Waals surface area contributed by atoms with E-state index in [0.717, 1.165) is 13.0 Å². The minimum absolute atomic E-state index is 0.0632. The number of carbonyl (C=O) groups excluding carboxylic acids is 1. The third kappa shape index (κ3) is 4.01. The van der Waals surface area contributed by atoms with E-state index in [0.29, 0.717) is 5.69 Å². The summed E-state index contributed by atoms with van der Waals surface area (Å²) >= 11 is 0. The third-order valence-corrected chi connectivity index (χ3v) is 5.92. The van der Waals surface area contributed by atoms with Crippen LogP contribution < -0.4 is 5.32 Å². The molecule has 1 fully saturated rings. The molecule has 10 heteroatoms. The zero-order valence-electron chi connectivity index (χ0n) is 16.9. The lowest BCUT2D eigenvalue weighted by Gasteiger charge is -2.32. The lowest BCUT2D eigenvalue weighted by atomic mass is 9.76. The van der Waals surface area contributed by atoms with Crippen LogP contribution in [0, 0.1) is 24.5 Å². The summed E-state index contributed by atoms with van der Waals surface area (Å²) in [4.78, 5) is 16.8. The molecule has 0 bridgehead atoms. The van der Waals surface area contributed by atoms with Crippen molar-refractivity contribution < 1.29 is 36.6 Å². The highest BCUT2D eigenvalue weighted by atomic mass is 19.4. The first-order chi connectivity index (χ1) is 14.4. The number of hydrogen-bond donors (Lipinski definition) is 2. The van der Waals surface area contributed by atoms with Crippen molar-refractivity contribution in [2.24, 2.45) is 5.92 Å². The summed E-state index contributed by atoms with van der Waals surface area (Å²) in [5.41, 5.74) is -2.29. The number of hydrogen-bond acceptors (Lipinski definition) is 4. The number of aromatic nitrogens is 1. The molecule has 3 rings (SSSR count). The van der Waals surface area contributed by atoms with Gasteiger partial charge in [-0.1, -0.05) is 13.0 Å². The molecule has 0 radical (unpaired) electrons. The number of ether oxygens (including phenoxy) is 1. The Morgan fingerprint density at radius 1 is 1.26 bits per heavy atom. The van der Waals surface area contributed by atoms with Crippen LogP contribution in [0.1, 0.15) is 36.6 Å². The van der Waals surface area contributed by atoms with Gasteiger partial charge in [0.25, 0.3) is 5.91 Å². The topological polar surface area (TPSA) is 71.5 Å². The van der Waals surface area contributed by atoms with Gasteiger partial charge in [0.15, 0.2) is 17.2 Å². The summed E-state index contributed by atoms with van der Waals surface area (Å²) < 4.78 is 74.6. The van der Waals surface area contributed by atoms with Gasteiger partial charge in [-0.15, -0.1) is 0 Å². The van der Waals surface area contributed by atoms with Crippen LogP contribution in [0.3, 0.4) is 0 Å². The molecule has 1 aliphatic rings. The maximum Gasteiger partial charge on any atom is 0.417 e. The number of anilines is 1. The third-order valence-electron chi connectivity index (χ3n) is 5.92. The predicted octanol–water partition coefficient (Wildman–Crippen LogP) is 4.24. The molecule has 2 heterocycles. The fourth-order valence-corrected chi connectivity index (χ4v) is 3.86. The number of alkyl halides is 3. The molecule has 0 aliphatic carbocycles. The van der Waals surface area contributed by atoms with Gasteiger partial charge in [-0.05, 0) is 43.2 Å². The van der Waals surface area contributed by atoms with E-state index in [-0.39, 0.29) is 23.4 Å².